The van der Waals surface area contributed by atoms with Crippen molar-refractivity contribution in [1.29, 1.82) is 0 Å². The summed E-state index contributed by atoms with van der Waals surface area (Å²) in [5.41, 5.74) is 3.09. The van der Waals surface area contributed by atoms with Crippen molar-refractivity contribution >= 4 is 5.91 Å². The lowest BCUT2D eigenvalue weighted by molar-refractivity contribution is -0.123. The van der Waals surface area contributed by atoms with Crippen molar-refractivity contribution in [2.24, 2.45) is 0 Å². The minimum absolute atomic E-state index is 0.197. The van der Waals surface area contributed by atoms with E-state index in [4.69, 9.17) is 4.74 Å². The Bertz CT molecular complexity index is 220. The van der Waals surface area contributed by atoms with Gasteiger partial charge in [0.25, 0.3) is 5.91 Å². The quantitative estimate of drug-likeness (QED) is 0.497. The highest BCUT2D eigenvalue weighted by Gasteiger charge is 2.13. The van der Waals surface area contributed by atoms with Crippen LogP contribution in [0.4, 0.5) is 0 Å². The van der Waals surface area contributed by atoms with Gasteiger partial charge in [-0.15, -0.1) is 0 Å². The second-order valence-electron chi connectivity index (χ2n) is 2.77. The van der Waals surface area contributed by atoms with Gasteiger partial charge in [0.1, 0.15) is 0 Å². The van der Waals surface area contributed by atoms with E-state index in [0.717, 1.165) is 13.1 Å². The highest BCUT2D eigenvalue weighted by molar-refractivity contribution is 5.94. The summed E-state index contributed by atoms with van der Waals surface area (Å²) in [4.78, 5) is 11.3. The maximum atomic E-state index is 11.3. The maximum Gasteiger partial charge on any atom is 0.264 e. The molecule has 1 fully saturated rings. The number of rotatable bonds is 3. The molecule has 1 aliphatic rings. The Morgan fingerprint density at radius 1 is 1.46 bits per heavy atom. The van der Waals surface area contributed by atoms with E-state index in [9.17, 15) is 4.79 Å². The third-order valence-corrected chi connectivity index (χ3v) is 1.81. The maximum absolute atomic E-state index is 11.3. The number of hydrogen-bond donors (Lipinski definition) is 1. The van der Waals surface area contributed by atoms with Crippen LogP contribution in [0.2, 0.25) is 0 Å². The molecular formula is C9H14N2O2. The van der Waals surface area contributed by atoms with Crippen molar-refractivity contribution in [2.75, 3.05) is 26.3 Å². The number of morpholine rings is 1. The summed E-state index contributed by atoms with van der Waals surface area (Å²) in [7, 11) is 0. The first-order valence-electron chi connectivity index (χ1n) is 4.19. The van der Waals surface area contributed by atoms with Crippen LogP contribution in [0.3, 0.4) is 0 Å². The highest BCUT2D eigenvalue weighted by atomic mass is 16.5. The summed E-state index contributed by atoms with van der Waals surface area (Å²) >= 11 is 0. The highest BCUT2D eigenvalue weighted by Crippen LogP contribution is 1.95. The van der Waals surface area contributed by atoms with Crippen LogP contribution in [0.15, 0.2) is 24.8 Å². The van der Waals surface area contributed by atoms with Crippen LogP contribution < -0.4 is 5.43 Å². The predicted molar refractivity (Wildman–Crippen MR) is 49.9 cm³/mol. The molecule has 0 aromatic heterocycles. The van der Waals surface area contributed by atoms with Crippen molar-refractivity contribution in [3.05, 3.63) is 24.8 Å². The molecule has 0 radical (unpaired) electrons. The molecule has 1 heterocycles. The fraction of sp³-hybridized carbons (Fsp3) is 0.444. The normalized spacial score (nSPS) is 17.8. The summed E-state index contributed by atoms with van der Waals surface area (Å²) < 4.78 is 5.13. The van der Waals surface area contributed by atoms with Gasteiger partial charge in [0.05, 0.1) is 13.2 Å². The molecule has 0 unspecified atom stereocenters. The van der Waals surface area contributed by atoms with Crippen molar-refractivity contribution in [3.63, 3.8) is 0 Å². The van der Waals surface area contributed by atoms with E-state index < -0.39 is 0 Å². The number of hydrogen-bond acceptors (Lipinski definition) is 3. The van der Waals surface area contributed by atoms with Gasteiger partial charge in [-0.25, -0.2) is 5.01 Å². The molecule has 0 aromatic carbocycles. The van der Waals surface area contributed by atoms with E-state index in [0.29, 0.717) is 18.8 Å². The first kappa shape index (κ1) is 9.95. The fourth-order valence-corrected chi connectivity index (χ4v) is 0.983. The van der Waals surface area contributed by atoms with Gasteiger partial charge in [-0.2, -0.15) is 0 Å². The Morgan fingerprint density at radius 2 is 2.08 bits per heavy atom. The van der Waals surface area contributed by atoms with Gasteiger partial charge in [-0.1, -0.05) is 19.2 Å². The van der Waals surface area contributed by atoms with Crippen LogP contribution in [-0.4, -0.2) is 37.2 Å². The third kappa shape index (κ3) is 3.01. The molecule has 0 saturated carbocycles. The number of hydrazine groups is 1. The van der Waals surface area contributed by atoms with Crippen molar-refractivity contribution < 1.29 is 9.53 Å². The van der Waals surface area contributed by atoms with Crippen LogP contribution in [-0.2, 0) is 9.53 Å². The van der Waals surface area contributed by atoms with Crippen LogP contribution >= 0.6 is 0 Å². The lowest BCUT2D eigenvalue weighted by atomic mass is 10.3. The van der Waals surface area contributed by atoms with Crippen LogP contribution in [0.5, 0.6) is 0 Å². The summed E-state index contributed by atoms with van der Waals surface area (Å²) in [6.07, 6.45) is 1.44. The third-order valence-electron chi connectivity index (χ3n) is 1.81. The summed E-state index contributed by atoms with van der Waals surface area (Å²) in [5, 5.41) is 1.82. The summed E-state index contributed by atoms with van der Waals surface area (Å²) in [6, 6.07) is 0. The molecule has 0 aliphatic carbocycles. The molecule has 4 heteroatoms. The Kier molecular flexibility index (Phi) is 3.67. The minimum Gasteiger partial charge on any atom is -0.379 e. The molecule has 13 heavy (non-hydrogen) atoms. The van der Waals surface area contributed by atoms with Gasteiger partial charge in [-0.05, 0) is 0 Å². The van der Waals surface area contributed by atoms with Gasteiger partial charge in [0.2, 0.25) is 0 Å². The smallest absolute Gasteiger partial charge is 0.264 e. The van der Waals surface area contributed by atoms with Gasteiger partial charge in [0.15, 0.2) is 0 Å². The van der Waals surface area contributed by atoms with Gasteiger partial charge in [-0.3, -0.25) is 10.2 Å². The largest absolute Gasteiger partial charge is 0.379 e. The van der Waals surface area contributed by atoms with Crippen LogP contribution in [0.25, 0.3) is 0 Å². The predicted octanol–water partition coefficient (Wildman–Crippen LogP) is 0.0920. The van der Waals surface area contributed by atoms with Crippen LogP contribution in [0, 0.1) is 0 Å². The molecule has 0 atom stereocenters. The standard InChI is InChI=1S/C9H14N2O2/c1-3-8(2)9(12)10-11-4-6-13-7-5-11/h3H,1-2,4-7H2,(H,10,12). The Labute approximate surface area is 77.8 Å². The fourth-order valence-electron chi connectivity index (χ4n) is 0.983. The summed E-state index contributed by atoms with van der Waals surface area (Å²) in [5.74, 6) is -0.197. The van der Waals surface area contributed by atoms with Crippen molar-refractivity contribution in [1.82, 2.24) is 10.4 Å². The zero-order chi connectivity index (χ0) is 9.68. The summed E-state index contributed by atoms with van der Waals surface area (Å²) in [6.45, 7) is 9.77. The molecule has 1 rings (SSSR count). The average molecular weight is 182 g/mol. The SMILES string of the molecule is C=CC(=C)C(=O)NN1CCOCC1. The van der Waals surface area contributed by atoms with Crippen molar-refractivity contribution in [2.45, 2.75) is 0 Å². The molecule has 1 saturated heterocycles. The molecular weight excluding hydrogens is 168 g/mol. The number of ether oxygens (including phenoxy) is 1. The lowest BCUT2D eigenvalue weighted by Crippen LogP contribution is -2.48. The first-order valence-corrected chi connectivity index (χ1v) is 4.19. The average Bonchev–Trinajstić information content (AvgIpc) is 2.18. The second kappa shape index (κ2) is 4.79. The molecule has 1 N–H and O–H groups in total. The second-order valence-corrected chi connectivity index (χ2v) is 2.77. The number of carbonyl (C=O) groups is 1. The van der Waals surface area contributed by atoms with Gasteiger partial charge in [0, 0.05) is 18.7 Å². The first-order chi connectivity index (χ1) is 6.24. The molecule has 0 aromatic rings. The van der Waals surface area contributed by atoms with E-state index >= 15 is 0 Å². The molecule has 1 amide bonds. The molecule has 1 aliphatic heterocycles. The molecule has 0 spiro atoms. The molecule has 72 valence electrons. The Balaban J connectivity index is 2.34. The van der Waals surface area contributed by atoms with E-state index in [-0.39, 0.29) is 5.91 Å². The zero-order valence-electron chi connectivity index (χ0n) is 7.58. The molecule has 4 nitrogen and oxygen atoms in total. The minimum atomic E-state index is -0.197. The van der Waals surface area contributed by atoms with Gasteiger partial charge < -0.3 is 4.74 Å². The molecule has 0 bridgehead atoms. The van der Waals surface area contributed by atoms with E-state index in [1.807, 2.05) is 5.01 Å². The number of carbonyl (C=O) groups excluding carboxylic acids is 1. The number of amides is 1. The Morgan fingerprint density at radius 3 is 2.62 bits per heavy atom. The van der Waals surface area contributed by atoms with E-state index in [1.54, 1.807) is 0 Å². The number of nitrogens with zero attached hydrogens (tertiary/aromatic N) is 1. The lowest BCUT2D eigenvalue weighted by Gasteiger charge is -2.26. The number of nitrogens with one attached hydrogen (secondary N) is 1. The van der Waals surface area contributed by atoms with Gasteiger partial charge >= 0.3 is 0 Å². The van der Waals surface area contributed by atoms with Crippen molar-refractivity contribution in [3.8, 4) is 0 Å². The van der Waals surface area contributed by atoms with E-state index in [2.05, 4.69) is 18.6 Å². The monoisotopic (exact) mass is 182 g/mol. The zero-order valence-corrected chi connectivity index (χ0v) is 7.58. The Hall–Kier alpha value is -1.13. The topological polar surface area (TPSA) is 41.6 Å². The van der Waals surface area contributed by atoms with E-state index in [1.165, 1.54) is 6.08 Å². The van der Waals surface area contributed by atoms with Crippen LogP contribution in [0.1, 0.15) is 0 Å².